The molecule has 0 radical (unpaired) electrons. The molecular formula is H5NaO3S2. The first kappa shape index (κ1) is 15.7. The maximum atomic E-state index is 8.67. The van der Waals surface area contributed by atoms with Gasteiger partial charge in [-0.15, -0.1) is 0 Å². The molecule has 3 nitrogen and oxygen atoms in total. The van der Waals surface area contributed by atoms with Crippen LogP contribution in [0.25, 0.3) is 0 Å². The Bertz CT molecular complexity index is 35.9. The van der Waals surface area contributed by atoms with Crippen LogP contribution in [0.1, 0.15) is 1.43 Å². The van der Waals surface area contributed by atoms with Crippen LogP contribution >= 0.6 is 13.5 Å². The van der Waals surface area contributed by atoms with Crippen molar-refractivity contribution in [3.05, 3.63) is 0 Å². The third-order valence-corrected chi connectivity index (χ3v) is 0. The first-order chi connectivity index (χ1) is 1.73. The normalized spacial score (nSPS) is 5.83. The molecular weight excluding hydrogens is 135 g/mol. The molecule has 0 fully saturated rings. The molecule has 0 atom stereocenters. The Morgan fingerprint density at radius 3 is 1.50 bits per heavy atom. The van der Waals surface area contributed by atoms with Crippen LogP contribution in [-0.2, 0) is 11.4 Å². The fourth-order valence-electron chi connectivity index (χ4n) is 0. The summed E-state index contributed by atoms with van der Waals surface area (Å²) in [5, 5.41) is 0. The van der Waals surface area contributed by atoms with Crippen LogP contribution in [-0.4, -0.2) is 13.3 Å². The van der Waals surface area contributed by atoms with Crippen molar-refractivity contribution >= 4 is 24.9 Å². The van der Waals surface area contributed by atoms with E-state index in [-0.39, 0.29) is 44.5 Å². The smallest absolute Gasteiger partial charge is 1.00 e. The molecule has 6 heavy (non-hydrogen) atoms. The van der Waals surface area contributed by atoms with Crippen LogP contribution in [0.15, 0.2) is 0 Å². The van der Waals surface area contributed by atoms with Crippen molar-refractivity contribution in [3.8, 4) is 0 Å². The Kier molecular flexibility index (Phi) is 25.2. The Morgan fingerprint density at radius 1 is 1.50 bits per heavy atom. The minimum Gasteiger partial charge on any atom is -1.00 e. The molecule has 0 bridgehead atoms. The van der Waals surface area contributed by atoms with Gasteiger partial charge in [0.2, 0.25) is 0 Å². The minimum atomic E-state index is -2.61. The van der Waals surface area contributed by atoms with Gasteiger partial charge in [-0.1, -0.05) is 0 Å². The van der Waals surface area contributed by atoms with E-state index in [2.05, 4.69) is 0 Å². The molecule has 0 aromatic heterocycles. The summed E-state index contributed by atoms with van der Waals surface area (Å²) in [6.45, 7) is 0. The molecule has 0 aliphatic rings. The fraction of sp³-hybridized carbons (Fsp3) is 0. The molecule has 2 N–H and O–H groups in total. The van der Waals surface area contributed by atoms with Gasteiger partial charge in [-0.3, -0.25) is 9.11 Å². The summed E-state index contributed by atoms with van der Waals surface area (Å²) in [5.41, 5.74) is 0. The van der Waals surface area contributed by atoms with Crippen LogP contribution in [0.3, 0.4) is 0 Å². The predicted molar refractivity (Wildman–Crippen MR) is 24.9 cm³/mol. The SMILES string of the molecule is O=S(O)O.S.[H-].[Na+]. The summed E-state index contributed by atoms with van der Waals surface area (Å²) in [6, 6.07) is 0. The zero-order valence-corrected chi connectivity index (χ0v) is 7.03. The summed E-state index contributed by atoms with van der Waals surface area (Å²) in [4.78, 5) is 0. The summed E-state index contributed by atoms with van der Waals surface area (Å²) in [7, 11) is 0. The van der Waals surface area contributed by atoms with Crippen LogP contribution in [0.4, 0.5) is 0 Å². The topological polar surface area (TPSA) is 57.5 Å². The maximum absolute atomic E-state index is 8.67. The molecule has 0 aliphatic carbocycles. The van der Waals surface area contributed by atoms with Gasteiger partial charge in [0.15, 0.2) is 0 Å². The van der Waals surface area contributed by atoms with E-state index >= 15 is 0 Å². The van der Waals surface area contributed by atoms with Gasteiger partial charge >= 0.3 is 29.6 Å². The zero-order chi connectivity index (χ0) is 3.58. The third-order valence-electron chi connectivity index (χ3n) is 0. The second kappa shape index (κ2) is 9.65. The van der Waals surface area contributed by atoms with Crippen LogP contribution in [0.2, 0.25) is 0 Å². The van der Waals surface area contributed by atoms with Gasteiger partial charge in [-0.05, 0) is 0 Å². The average molecular weight is 140 g/mol. The number of rotatable bonds is 0. The molecule has 0 aromatic rings. The standard InChI is InChI=1S/Na.H2O3S.H2S.H/c;1-4(2)3;;/h;(H2,1,2,3);1H2;/q+1;;;-1. The molecule has 0 amide bonds. The second-order valence-corrected chi connectivity index (χ2v) is 0.692. The van der Waals surface area contributed by atoms with E-state index in [1.54, 1.807) is 0 Å². The molecule has 0 saturated carbocycles. The molecule has 0 aromatic carbocycles. The third kappa shape index (κ3) is 52.5. The van der Waals surface area contributed by atoms with Crippen LogP contribution < -0.4 is 29.6 Å². The largest absolute Gasteiger partial charge is 1.00 e. The van der Waals surface area contributed by atoms with Crippen molar-refractivity contribution in [2.45, 2.75) is 0 Å². The van der Waals surface area contributed by atoms with E-state index in [0.717, 1.165) is 0 Å². The molecule has 0 heterocycles. The van der Waals surface area contributed by atoms with Gasteiger partial charge in [-0.25, -0.2) is 0 Å². The first-order valence-electron chi connectivity index (χ1n) is 0.532. The van der Waals surface area contributed by atoms with Gasteiger partial charge in [0.1, 0.15) is 0 Å². The Balaban J connectivity index is -0.0000000150. The predicted octanol–water partition coefficient (Wildman–Crippen LogP) is -3.09. The van der Waals surface area contributed by atoms with Gasteiger partial charge in [0.25, 0.3) is 11.4 Å². The van der Waals surface area contributed by atoms with Gasteiger partial charge in [-0.2, -0.15) is 17.7 Å². The van der Waals surface area contributed by atoms with Crippen LogP contribution in [0.5, 0.6) is 0 Å². The van der Waals surface area contributed by atoms with Crippen molar-refractivity contribution < 1.29 is 44.3 Å². The molecule has 0 aliphatic heterocycles. The summed E-state index contributed by atoms with van der Waals surface area (Å²) < 4.78 is 22.8. The zero-order valence-electron chi connectivity index (χ0n) is 4.21. The van der Waals surface area contributed by atoms with E-state index < -0.39 is 11.4 Å². The van der Waals surface area contributed by atoms with Gasteiger partial charge < -0.3 is 1.43 Å². The van der Waals surface area contributed by atoms with E-state index in [4.69, 9.17) is 13.3 Å². The average Bonchev–Trinajstić information content (AvgIpc) is 0.811. The van der Waals surface area contributed by atoms with Crippen LogP contribution in [0, 0.1) is 0 Å². The van der Waals surface area contributed by atoms with Crippen molar-refractivity contribution in [1.82, 2.24) is 0 Å². The molecule has 6 heteroatoms. The van der Waals surface area contributed by atoms with Crippen molar-refractivity contribution in [1.29, 1.82) is 0 Å². The van der Waals surface area contributed by atoms with Crippen molar-refractivity contribution in [2.24, 2.45) is 0 Å². The summed E-state index contributed by atoms with van der Waals surface area (Å²) in [5.74, 6) is 0. The Labute approximate surface area is 68.8 Å². The van der Waals surface area contributed by atoms with Gasteiger partial charge in [0, 0.05) is 0 Å². The maximum Gasteiger partial charge on any atom is 1.00 e. The van der Waals surface area contributed by atoms with E-state index in [1.807, 2.05) is 0 Å². The van der Waals surface area contributed by atoms with E-state index in [9.17, 15) is 0 Å². The summed E-state index contributed by atoms with van der Waals surface area (Å²) in [6.07, 6.45) is 0. The molecule has 36 valence electrons. The van der Waals surface area contributed by atoms with E-state index in [1.165, 1.54) is 0 Å². The molecule has 0 saturated heterocycles. The molecule has 0 unspecified atom stereocenters. The number of hydrogen-bond acceptors (Lipinski definition) is 1. The number of hydrogen-bond donors (Lipinski definition) is 2. The quantitative estimate of drug-likeness (QED) is 0.277. The first-order valence-corrected chi connectivity index (χ1v) is 1.60. The van der Waals surface area contributed by atoms with Gasteiger partial charge in [0.05, 0.1) is 0 Å². The summed E-state index contributed by atoms with van der Waals surface area (Å²) >= 11 is -2.61. The second-order valence-electron chi connectivity index (χ2n) is 0.231. The Morgan fingerprint density at radius 2 is 1.50 bits per heavy atom. The van der Waals surface area contributed by atoms with Crippen molar-refractivity contribution in [3.63, 3.8) is 0 Å². The monoisotopic (exact) mass is 140 g/mol. The molecule has 0 spiro atoms. The molecule has 0 rings (SSSR count). The Hall–Kier alpha value is 1.42. The fourth-order valence-corrected chi connectivity index (χ4v) is 0. The minimum absolute atomic E-state index is 0. The van der Waals surface area contributed by atoms with E-state index in [0.29, 0.717) is 0 Å². The van der Waals surface area contributed by atoms with Crippen molar-refractivity contribution in [2.75, 3.05) is 0 Å².